The van der Waals surface area contributed by atoms with Crippen LogP contribution in [0, 0.1) is 11.8 Å². The lowest BCUT2D eigenvalue weighted by Crippen LogP contribution is -2.45. The molecule has 3 fully saturated rings. The Kier molecular flexibility index (Phi) is 3.71. The second-order valence-corrected chi connectivity index (χ2v) is 6.98. The van der Waals surface area contributed by atoms with Crippen LogP contribution in [0.5, 0.6) is 0 Å². The highest BCUT2D eigenvalue weighted by Gasteiger charge is 2.43. The van der Waals surface area contributed by atoms with Crippen molar-refractivity contribution in [2.24, 2.45) is 11.8 Å². The van der Waals surface area contributed by atoms with E-state index >= 15 is 0 Å². The molecule has 4 atom stereocenters. The van der Waals surface area contributed by atoms with E-state index in [9.17, 15) is 0 Å². The Morgan fingerprint density at radius 3 is 2.81 bits per heavy atom. The van der Waals surface area contributed by atoms with Gasteiger partial charge in [-0.25, -0.2) is 0 Å². The molecule has 4 rings (SSSR count). The highest BCUT2D eigenvalue weighted by Crippen LogP contribution is 2.52. The Balaban J connectivity index is 1.50. The standard InChI is InChI=1S/C16H26N4O/c1-2-14(20-7-5-17-6-8-20)15-18-16(21-19-15)13-10-11-3-4-12(13)9-11/h11-14,17H,2-10H2,1H3. The zero-order valence-corrected chi connectivity index (χ0v) is 12.9. The average molecular weight is 290 g/mol. The maximum atomic E-state index is 5.67. The van der Waals surface area contributed by atoms with Crippen LogP contribution in [0.4, 0.5) is 0 Å². The summed E-state index contributed by atoms with van der Waals surface area (Å²) in [5.74, 6) is 4.11. The summed E-state index contributed by atoms with van der Waals surface area (Å²) in [6, 6.07) is 0.322. The fraction of sp³-hybridized carbons (Fsp3) is 0.875. The zero-order chi connectivity index (χ0) is 14.2. The van der Waals surface area contributed by atoms with Crippen molar-refractivity contribution in [3.05, 3.63) is 11.7 Å². The molecule has 4 unspecified atom stereocenters. The highest BCUT2D eigenvalue weighted by molar-refractivity contribution is 5.06. The summed E-state index contributed by atoms with van der Waals surface area (Å²) < 4.78 is 5.67. The summed E-state index contributed by atoms with van der Waals surface area (Å²) in [4.78, 5) is 7.31. The molecule has 2 aliphatic carbocycles. The van der Waals surface area contributed by atoms with Crippen molar-refractivity contribution < 1.29 is 4.52 Å². The second kappa shape index (κ2) is 5.69. The highest BCUT2D eigenvalue weighted by atomic mass is 16.5. The van der Waals surface area contributed by atoms with Crippen molar-refractivity contribution >= 4 is 0 Å². The van der Waals surface area contributed by atoms with E-state index in [2.05, 4.69) is 22.3 Å². The van der Waals surface area contributed by atoms with E-state index in [0.717, 1.165) is 56.2 Å². The van der Waals surface area contributed by atoms with Crippen molar-refractivity contribution in [1.82, 2.24) is 20.4 Å². The number of nitrogens with one attached hydrogen (secondary N) is 1. The van der Waals surface area contributed by atoms with Crippen LogP contribution in [-0.2, 0) is 0 Å². The summed E-state index contributed by atoms with van der Waals surface area (Å²) in [7, 11) is 0. The zero-order valence-electron chi connectivity index (χ0n) is 12.9. The number of hydrogen-bond acceptors (Lipinski definition) is 5. The van der Waals surface area contributed by atoms with Crippen LogP contribution in [0.15, 0.2) is 4.52 Å². The van der Waals surface area contributed by atoms with Gasteiger partial charge in [0, 0.05) is 32.1 Å². The molecule has 0 radical (unpaired) electrons. The lowest BCUT2D eigenvalue weighted by molar-refractivity contribution is 0.160. The minimum absolute atomic E-state index is 0.322. The summed E-state index contributed by atoms with van der Waals surface area (Å²) in [6.45, 7) is 6.51. The first-order chi connectivity index (χ1) is 10.3. The Labute approximate surface area is 126 Å². The molecule has 3 aliphatic rings. The van der Waals surface area contributed by atoms with Gasteiger partial charge in [-0.1, -0.05) is 18.5 Å². The fourth-order valence-electron chi connectivity index (χ4n) is 4.68. The minimum Gasteiger partial charge on any atom is -0.339 e. The third-order valence-electron chi connectivity index (χ3n) is 5.79. The smallest absolute Gasteiger partial charge is 0.230 e. The van der Waals surface area contributed by atoms with Gasteiger partial charge in [0.1, 0.15) is 0 Å². The molecule has 21 heavy (non-hydrogen) atoms. The van der Waals surface area contributed by atoms with Crippen LogP contribution in [0.2, 0.25) is 0 Å². The second-order valence-electron chi connectivity index (χ2n) is 6.98. The van der Waals surface area contributed by atoms with Crippen molar-refractivity contribution in [1.29, 1.82) is 0 Å². The van der Waals surface area contributed by atoms with Crippen molar-refractivity contribution in [3.8, 4) is 0 Å². The molecular formula is C16H26N4O. The molecule has 2 bridgehead atoms. The van der Waals surface area contributed by atoms with Gasteiger partial charge in [-0.15, -0.1) is 0 Å². The maximum Gasteiger partial charge on any atom is 0.230 e. The molecule has 1 aliphatic heterocycles. The predicted octanol–water partition coefficient (Wildman–Crippen LogP) is 2.33. The quantitative estimate of drug-likeness (QED) is 0.922. The monoisotopic (exact) mass is 290 g/mol. The van der Waals surface area contributed by atoms with Crippen molar-refractivity contribution in [2.45, 2.75) is 51.0 Å². The summed E-state index contributed by atoms with van der Waals surface area (Å²) in [6.07, 6.45) is 6.49. The Morgan fingerprint density at radius 1 is 1.29 bits per heavy atom. The van der Waals surface area contributed by atoms with E-state index in [4.69, 9.17) is 9.51 Å². The Bertz CT molecular complexity index is 482. The first kappa shape index (κ1) is 13.7. The van der Waals surface area contributed by atoms with Gasteiger partial charge < -0.3 is 9.84 Å². The molecule has 0 spiro atoms. The van der Waals surface area contributed by atoms with Crippen LogP contribution >= 0.6 is 0 Å². The first-order valence-corrected chi connectivity index (χ1v) is 8.63. The van der Waals surface area contributed by atoms with Gasteiger partial charge in [0.05, 0.1) is 6.04 Å². The van der Waals surface area contributed by atoms with Gasteiger partial charge in [0.15, 0.2) is 5.82 Å². The molecule has 2 heterocycles. The van der Waals surface area contributed by atoms with Crippen molar-refractivity contribution in [3.63, 3.8) is 0 Å². The molecular weight excluding hydrogens is 264 g/mol. The molecule has 116 valence electrons. The number of aromatic nitrogens is 2. The van der Waals surface area contributed by atoms with Gasteiger partial charge >= 0.3 is 0 Å². The average Bonchev–Trinajstić information content (AvgIpc) is 3.25. The van der Waals surface area contributed by atoms with Crippen LogP contribution in [-0.4, -0.2) is 41.2 Å². The SMILES string of the molecule is CCC(c1noc(C2CC3CCC2C3)n1)N1CCNCC1. The largest absolute Gasteiger partial charge is 0.339 e. The maximum absolute atomic E-state index is 5.67. The number of fused-ring (bicyclic) bond motifs is 2. The summed E-state index contributed by atoms with van der Waals surface area (Å²) >= 11 is 0. The fourth-order valence-corrected chi connectivity index (χ4v) is 4.68. The molecule has 0 amide bonds. The number of rotatable bonds is 4. The normalized spacial score (nSPS) is 34.4. The minimum atomic E-state index is 0.322. The molecule has 5 nitrogen and oxygen atoms in total. The molecule has 1 N–H and O–H groups in total. The molecule has 1 aromatic rings. The van der Waals surface area contributed by atoms with Crippen LogP contribution in [0.25, 0.3) is 0 Å². The van der Waals surface area contributed by atoms with Gasteiger partial charge in [-0.3, -0.25) is 4.90 Å². The number of piperazine rings is 1. The Morgan fingerprint density at radius 2 is 2.14 bits per heavy atom. The lowest BCUT2D eigenvalue weighted by atomic mass is 9.89. The topological polar surface area (TPSA) is 54.2 Å². The van der Waals surface area contributed by atoms with Crippen LogP contribution < -0.4 is 5.32 Å². The van der Waals surface area contributed by atoms with E-state index < -0.39 is 0 Å². The molecule has 1 aromatic heterocycles. The summed E-state index contributed by atoms with van der Waals surface area (Å²) in [5.41, 5.74) is 0. The first-order valence-electron chi connectivity index (χ1n) is 8.63. The van der Waals surface area contributed by atoms with E-state index in [0.29, 0.717) is 12.0 Å². The van der Waals surface area contributed by atoms with Gasteiger partial charge in [-0.05, 0) is 37.5 Å². The van der Waals surface area contributed by atoms with Gasteiger partial charge in [0.2, 0.25) is 5.89 Å². The third-order valence-corrected chi connectivity index (χ3v) is 5.79. The number of hydrogen-bond donors (Lipinski definition) is 1. The molecule has 5 heteroatoms. The molecule has 1 saturated heterocycles. The predicted molar refractivity (Wildman–Crippen MR) is 80.0 cm³/mol. The van der Waals surface area contributed by atoms with E-state index in [-0.39, 0.29) is 0 Å². The van der Waals surface area contributed by atoms with Gasteiger partial charge in [0.25, 0.3) is 0 Å². The van der Waals surface area contributed by atoms with Crippen molar-refractivity contribution in [2.75, 3.05) is 26.2 Å². The number of nitrogens with zero attached hydrogens (tertiary/aromatic N) is 3. The molecule has 0 aromatic carbocycles. The third kappa shape index (κ3) is 2.50. The summed E-state index contributed by atoms with van der Waals surface area (Å²) in [5, 5.41) is 7.75. The van der Waals surface area contributed by atoms with Crippen LogP contribution in [0.3, 0.4) is 0 Å². The van der Waals surface area contributed by atoms with E-state index in [1.807, 2.05) is 0 Å². The lowest BCUT2D eigenvalue weighted by Gasteiger charge is -2.32. The van der Waals surface area contributed by atoms with E-state index in [1.54, 1.807) is 0 Å². The van der Waals surface area contributed by atoms with E-state index in [1.165, 1.54) is 25.7 Å². The van der Waals surface area contributed by atoms with Gasteiger partial charge in [-0.2, -0.15) is 4.98 Å². The Hall–Kier alpha value is -0.940. The van der Waals surface area contributed by atoms with Crippen LogP contribution in [0.1, 0.15) is 62.7 Å². The molecule has 2 saturated carbocycles.